The summed E-state index contributed by atoms with van der Waals surface area (Å²) in [6.45, 7) is 4.91. The lowest BCUT2D eigenvalue weighted by molar-refractivity contribution is 0.0924. The van der Waals surface area contributed by atoms with E-state index in [0.29, 0.717) is 6.54 Å². The Morgan fingerprint density at radius 2 is 2.11 bits per heavy atom. The van der Waals surface area contributed by atoms with Gasteiger partial charge in [0.2, 0.25) is 0 Å². The molecule has 18 heavy (non-hydrogen) atoms. The van der Waals surface area contributed by atoms with Gasteiger partial charge in [0.05, 0.1) is 0 Å². The summed E-state index contributed by atoms with van der Waals surface area (Å²) >= 11 is 0. The van der Waals surface area contributed by atoms with Gasteiger partial charge in [-0.2, -0.15) is 0 Å². The van der Waals surface area contributed by atoms with Crippen molar-refractivity contribution in [3.8, 4) is 0 Å². The van der Waals surface area contributed by atoms with Crippen LogP contribution in [0.1, 0.15) is 22.8 Å². The molecule has 98 valence electrons. The fourth-order valence-electron chi connectivity index (χ4n) is 2.11. The number of rotatable bonds is 2. The average molecular weight is 254 g/mol. The zero-order chi connectivity index (χ0) is 13.3. The summed E-state index contributed by atoms with van der Waals surface area (Å²) in [6, 6.07) is 2.35. The molecule has 1 aliphatic heterocycles. The van der Waals surface area contributed by atoms with E-state index in [4.69, 9.17) is 0 Å². The molecule has 1 saturated heterocycles. The van der Waals surface area contributed by atoms with Gasteiger partial charge in [0.25, 0.3) is 5.91 Å². The molecule has 5 heteroatoms. The van der Waals surface area contributed by atoms with Crippen LogP contribution in [-0.4, -0.2) is 25.0 Å². The van der Waals surface area contributed by atoms with Crippen molar-refractivity contribution in [1.82, 2.24) is 10.6 Å². The fourth-order valence-corrected chi connectivity index (χ4v) is 2.11. The maximum absolute atomic E-state index is 13.8. The highest BCUT2D eigenvalue weighted by atomic mass is 19.1. The van der Waals surface area contributed by atoms with Crippen molar-refractivity contribution in [3.05, 3.63) is 34.9 Å². The molecule has 0 saturated carbocycles. The minimum Gasteiger partial charge on any atom is -0.348 e. The van der Waals surface area contributed by atoms with E-state index in [1.165, 1.54) is 13.0 Å². The highest BCUT2D eigenvalue weighted by Crippen LogP contribution is 2.17. The number of hydrogen-bond donors (Lipinski definition) is 2. The zero-order valence-corrected chi connectivity index (χ0v) is 10.4. The van der Waals surface area contributed by atoms with Gasteiger partial charge in [-0.05, 0) is 31.0 Å². The molecule has 3 nitrogen and oxygen atoms in total. The standard InChI is InChI=1S/C13H16F2N2O/c1-7-3-4-9(14)11(12(7)15)13(18)17-10-6-16-5-8(10)2/h3-4,8,10,16H,5-6H2,1-2H3,(H,17,18). The monoisotopic (exact) mass is 254 g/mol. The Bertz CT molecular complexity index is 476. The Morgan fingerprint density at radius 1 is 1.39 bits per heavy atom. The smallest absolute Gasteiger partial charge is 0.257 e. The Kier molecular flexibility index (Phi) is 3.61. The molecule has 1 fully saturated rings. The third-order valence-corrected chi connectivity index (χ3v) is 3.35. The maximum Gasteiger partial charge on any atom is 0.257 e. The molecule has 0 aliphatic carbocycles. The molecule has 2 N–H and O–H groups in total. The van der Waals surface area contributed by atoms with Crippen molar-refractivity contribution in [2.24, 2.45) is 5.92 Å². The SMILES string of the molecule is Cc1ccc(F)c(C(=O)NC2CNCC2C)c1F. The second-order valence-corrected chi connectivity index (χ2v) is 4.77. The third kappa shape index (κ3) is 2.36. The second-order valence-electron chi connectivity index (χ2n) is 4.77. The van der Waals surface area contributed by atoms with Crippen LogP contribution in [0.5, 0.6) is 0 Å². The van der Waals surface area contributed by atoms with Gasteiger partial charge in [-0.15, -0.1) is 0 Å². The number of aryl methyl sites for hydroxylation is 1. The van der Waals surface area contributed by atoms with Crippen molar-refractivity contribution < 1.29 is 13.6 Å². The first kappa shape index (κ1) is 13.0. The molecular weight excluding hydrogens is 238 g/mol. The molecule has 1 aliphatic rings. The van der Waals surface area contributed by atoms with Crippen molar-refractivity contribution >= 4 is 5.91 Å². The van der Waals surface area contributed by atoms with E-state index in [0.717, 1.165) is 12.6 Å². The number of carbonyl (C=O) groups is 1. The van der Waals surface area contributed by atoms with Crippen LogP contribution in [0.4, 0.5) is 8.78 Å². The summed E-state index contributed by atoms with van der Waals surface area (Å²) in [5.41, 5.74) is -0.228. The van der Waals surface area contributed by atoms with Crippen molar-refractivity contribution in [2.75, 3.05) is 13.1 Å². The first-order valence-electron chi connectivity index (χ1n) is 5.97. The molecule has 0 spiro atoms. The van der Waals surface area contributed by atoms with Gasteiger partial charge in [-0.25, -0.2) is 8.78 Å². The van der Waals surface area contributed by atoms with Crippen LogP contribution in [0, 0.1) is 24.5 Å². The molecule has 0 bridgehead atoms. The molecular formula is C13H16F2N2O. The lowest BCUT2D eigenvalue weighted by Crippen LogP contribution is -2.40. The van der Waals surface area contributed by atoms with E-state index in [2.05, 4.69) is 10.6 Å². The van der Waals surface area contributed by atoms with Gasteiger partial charge in [-0.3, -0.25) is 4.79 Å². The Morgan fingerprint density at radius 3 is 2.72 bits per heavy atom. The fraction of sp³-hybridized carbons (Fsp3) is 0.462. The third-order valence-electron chi connectivity index (χ3n) is 3.35. The Labute approximate surface area is 105 Å². The number of amides is 1. The summed E-state index contributed by atoms with van der Waals surface area (Å²) in [6.07, 6.45) is 0. The molecule has 2 atom stereocenters. The van der Waals surface area contributed by atoms with Crippen LogP contribution in [-0.2, 0) is 0 Å². The molecule has 1 amide bonds. The quantitative estimate of drug-likeness (QED) is 0.842. The lowest BCUT2D eigenvalue weighted by atomic mass is 10.0. The molecule has 1 aromatic carbocycles. The Hall–Kier alpha value is -1.49. The topological polar surface area (TPSA) is 41.1 Å². The van der Waals surface area contributed by atoms with E-state index >= 15 is 0 Å². The van der Waals surface area contributed by atoms with Crippen LogP contribution in [0.15, 0.2) is 12.1 Å². The predicted molar refractivity (Wildman–Crippen MR) is 64.4 cm³/mol. The lowest BCUT2D eigenvalue weighted by Gasteiger charge is -2.17. The minimum absolute atomic E-state index is 0.0863. The van der Waals surface area contributed by atoms with Crippen LogP contribution in [0.25, 0.3) is 0 Å². The average Bonchev–Trinajstić information content (AvgIpc) is 2.70. The van der Waals surface area contributed by atoms with Crippen LogP contribution in [0.2, 0.25) is 0 Å². The largest absolute Gasteiger partial charge is 0.348 e. The number of carbonyl (C=O) groups excluding carboxylic acids is 1. The molecule has 2 rings (SSSR count). The second kappa shape index (κ2) is 5.02. The van der Waals surface area contributed by atoms with E-state index in [1.807, 2.05) is 6.92 Å². The van der Waals surface area contributed by atoms with E-state index in [9.17, 15) is 13.6 Å². The summed E-state index contributed by atoms with van der Waals surface area (Å²) in [5.74, 6) is -2.04. The zero-order valence-electron chi connectivity index (χ0n) is 10.4. The normalized spacial score (nSPS) is 23.1. The van der Waals surface area contributed by atoms with Crippen LogP contribution in [0.3, 0.4) is 0 Å². The summed E-state index contributed by atoms with van der Waals surface area (Å²) in [4.78, 5) is 11.9. The van der Waals surface area contributed by atoms with Gasteiger partial charge >= 0.3 is 0 Å². The number of nitrogens with one attached hydrogen (secondary N) is 2. The molecule has 1 heterocycles. The number of hydrogen-bond acceptors (Lipinski definition) is 2. The Balaban J connectivity index is 2.21. The van der Waals surface area contributed by atoms with Gasteiger partial charge in [0, 0.05) is 12.6 Å². The molecule has 0 radical (unpaired) electrons. The molecule has 0 aromatic heterocycles. The summed E-state index contributed by atoms with van der Waals surface area (Å²) in [7, 11) is 0. The summed E-state index contributed by atoms with van der Waals surface area (Å²) < 4.78 is 27.3. The first-order valence-corrected chi connectivity index (χ1v) is 5.97. The van der Waals surface area contributed by atoms with Crippen molar-refractivity contribution in [2.45, 2.75) is 19.9 Å². The van der Waals surface area contributed by atoms with Gasteiger partial charge in [0.15, 0.2) is 0 Å². The molecule has 1 aromatic rings. The van der Waals surface area contributed by atoms with E-state index in [-0.39, 0.29) is 17.5 Å². The van der Waals surface area contributed by atoms with E-state index in [1.54, 1.807) is 0 Å². The predicted octanol–water partition coefficient (Wildman–Crippen LogP) is 1.61. The maximum atomic E-state index is 13.8. The van der Waals surface area contributed by atoms with Crippen LogP contribution < -0.4 is 10.6 Å². The number of halogens is 2. The van der Waals surface area contributed by atoms with Crippen molar-refractivity contribution in [3.63, 3.8) is 0 Å². The van der Waals surface area contributed by atoms with Crippen LogP contribution >= 0.6 is 0 Å². The summed E-state index contributed by atoms with van der Waals surface area (Å²) in [5, 5.41) is 5.79. The minimum atomic E-state index is -0.825. The van der Waals surface area contributed by atoms with E-state index < -0.39 is 23.1 Å². The number of benzene rings is 1. The van der Waals surface area contributed by atoms with Crippen molar-refractivity contribution in [1.29, 1.82) is 0 Å². The molecule has 2 unspecified atom stereocenters. The highest BCUT2D eigenvalue weighted by molar-refractivity contribution is 5.95. The van der Waals surface area contributed by atoms with Gasteiger partial charge in [-0.1, -0.05) is 13.0 Å². The first-order chi connectivity index (χ1) is 8.50. The van der Waals surface area contributed by atoms with Gasteiger partial charge < -0.3 is 10.6 Å². The van der Waals surface area contributed by atoms with Gasteiger partial charge in [0.1, 0.15) is 17.2 Å². The highest BCUT2D eigenvalue weighted by Gasteiger charge is 2.27.